The Morgan fingerprint density at radius 1 is 1.27 bits per heavy atom. The Labute approximate surface area is 128 Å². The predicted molar refractivity (Wildman–Crippen MR) is 73.5 cm³/mol. The number of ether oxygens (including phenoxy) is 2. The van der Waals surface area contributed by atoms with Gasteiger partial charge in [0.1, 0.15) is 6.61 Å². The van der Waals surface area contributed by atoms with E-state index in [1.54, 1.807) is 7.11 Å². The number of nitrogens with zero attached hydrogens (tertiary/aromatic N) is 2. The molecule has 2 fully saturated rings. The maximum Gasteiger partial charge on any atom is 0.411 e. The van der Waals surface area contributed by atoms with Crippen LogP contribution in [0, 0.1) is 0 Å². The average molecular weight is 324 g/mol. The quantitative estimate of drug-likeness (QED) is 0.690. The molecule has 0 unspecified atom stereocenters. The van der Waals surface area contributed by atoms with Gasteiger partial charge in [0.15, 0.2) is 0 Å². The minimum absolute atomic E-state index is 0.0419. The minimum atomic E-state index is -4.31. The van der Waals surface area contributed by atoms with Crippen molar-refractivity contribution in [2.45, 2.75) is 37.6 Å². The lowest BCUT2D eigenvalue weighted by atomic mass is 10.1. The first-order valence-corrected chi connectivity index (χ1v) is 7.61. The third-order valence-corrected chi connectivity index (χ3v) is 4.19. The molecule has 0 aromatic carbocycles. The molecule has 2 aliphatic heterocycles. The van der Waals surface area contributed by atoms with Crippen molar-refractivity contribution >= 4 is 5.91 Å². The molecule has 0 aromatic heterocycles. The summed E-state index contributed by atoms with van der Waals surface area (Å²) < 4.78 is 46.2. The van der Waals surface area contributed by atoms with Gasteiger partial charge in [0.25, 0.3) is 0 Å². The van der Waals surface area contributed by atoms with Crippen LogP contribution in [0.3, 0.4) is 0 Å². The summed E-state index contributed by atoms with van der Waals surface area (Å²) in [4.78, 5) is 16.2. The first kappa shape index (κ1) is 17.5. The fourth-order valence-corrected chi connectivity index (χ4v) is 3.05. The summed E-state index contributed by atoms with van der Waals surface area (Å²) in [6.07, 6.45) is -1.75. The summed E-state index contributed by atoms with van der Waals surface area (Å²) in [6.45, 7) is 1.10. The molecule has 8 heteroatoms. The van der Waals surface area contributed by atoms with Gasteiger partial charge in [-0.3, -0.25) is 9.69 Å². The van der Waals surface area contributed by atoms with Crippen molar-refractivity contribution in [3.05, 3.63) is 0 Å². The van der Waals surface area contributed by atoms with E-state index in [0.717, 1.165) is 25.9 Å². The Hall–Kier alpha value is -0.860. The van der Waals surface area contributed by atoms with E-state index >= 15 is 0 Å². The third kappa shape index (κ3) is 4.82. The number of alkyl halides is 3. The maximum atomic E-state index is 12.5. The molecule has 2 heterocycles. The molecule has 0 spiro atoms. The van der Waals surface area contributed by atoms with Crippen LogP contribution in [0.4, 0.5) is 13.2 Å². The van der Waals surface area contributed by atoms with E-state index in [4.69, 9.17) is 4.74 Å². The topological polar surface area (TPSA) is 42.0 Å². The van der Waals surface area contributed by atoms with E-state index in [9.17, 15) is 18.0 Å². The van der Waals surface area contributed by atoms with E-state index in [0.29, 0.717) is 19.5 Å². The van der Waals surface area contributed by atoms with E-state index in [1.165, 1.54) is 0 Å². The summed E-state index contributed by atoms with van der Waals surface area (Å²) in [5.41, 5.74) is 0. The Morgan fingerprint density at radius 2 is 1.95 bits per heavy atom. The molecule has 0 radical (unpaired) electrons. The zero-order valence-corrected chi connectivity index (χ0v) is 12.8. The molecular formula is C14H23F3N2O3. The number of methoxy groups -OCH3 is 1. The van der Waals surface area contributed by atoms with Gasteiger partial charge < -0.3 is 14.4 Å². The van der Waals surface area contributed by atoms with E-state index < -0.39 is 12.8 Å². The maximum absolute atomic E-state index is 12.5. The molecule has 2 atom stereocenters. The Kier molecular flexibility index (Phi) is 6.05. The summed E-state index contributed by atoms with van der Waals surface area (Å²) in [5.74, 6) is 0.0628. The normalized spacial score (nSPS) is 26.8. The van der Waals surface area contributed by atoms with Crippen LogP contribution in [0.5, 0.6) is 0 Å². The van der Waals surface area contributed by atoms with Crippen LogP contribution in [-0.2, 0) is 14.3 Å². The Bertz CT molecular complexity index is 373. The molecule has 1 amide bonds. The molecule has 2 aliphatic rings. The fraction of sp³-hybridized carbons (Fsp3) is 0.929. The second kappa shape index (κ2) is 7.61. The number of halogens is 3. The van der Waals surface area contributed by atoms with Gasteiger partial charge in [0, 0.05) is 33.3 Å². The Balaban J connectivity index is 1.84. The monoisotopic (exact) mass is 324 g/mol. The molecular weight excluding hydrogens is 301 g/mol. The second-order valence-corrected chi connectivity index (χ2v) is 5.80. The molecule has 2 saturated heterocycles. The smallest absolute Gasteiger partial charge is 0.380 e. The molecule has 0 N–H and O–H groups in total. The summed E-state index contributed by atoms with van der Waals surface area (Å²) in [7, 11) is 1.59. The van der Waals surface area contributed by atoms with Gasteiger partial charge in [-0.15, -0.1) is 0 Å². The highest BCUT2D eigenvalue weighted by Gasteiger charge is 2.39. The van der Waals surface area contributed by atoms with Crippen molar-refractivity contribution in [3.63, 3.8) is 0 Å². The van der Waals surface area contributed by atoms with Gasteiger partial charge in [-0.25, -0.2) is 0 Å². The average Bonchev–Trinajstić information content (AvgIpc) is 3.11. The molecule has 128 valence electrons. The lowest BCUT2D eigenvalue weighted by molar-refractivity contribution is -0.175. The van der Waals surface area contributed by atoms with Crippen molar-refractivity contribution in [2.75, 3.05) is 46.5 Å². The standard InChI is InChI=1S/C14H23F3N2O3/c1-21-11-8-12(13(20)18-4-2-3-5-18)19(9-11)6-7-22-10-14(15,16)17/h11-12H,2-10H2,1H3/t11-,12-/m0/s1. The molecule has 0 aliphatic carbocycles. The number of hydrogen-bond acceptors (Lipinski definition) is 4. The van der Waals surface area contributed by atoms with E-state index in [2.05, 4.69) is 4.74 Å². The predicted octanol–water partition coefficient (Wildman–Crippen LogP) is 1.28. The van der Waals surface area contributed by atoms with Crippen LogP contribution in [0.2, 0.25) is 0 Å². The van der Waals surface area contributed by atoms with Crippen LogP contribution < -0.4 is 0 Å². The molecule has 5 nitrogen and oxygen atoms in total. The Morgan fingerprint density at radius 3 is 2.55 bits per heavy atom. The van der Waals surface area contributed by atoms with Crippen LogP contribution in [-0.4, -0.2) is 80.5 Å². The molecule has 0 bridgehead atoms. The number of likely N-dealkylation sites (tertiary alicyclic amines) is 2. The van der Waals surface area contributed by atoms with Gasteiger partial charge in [-0.05, 0) is 19.3 Å². The number of carbonyl (C=O) groups is 1. The van der Waals surface area contributed by atoms with E-state index in [1.807, 2.05) is 9.80 Å². The summed E-state index contributed by atoms with van der Waals surface area (Å²) >= 11 is 0. The van der Waals surface area contributed by atoms with Gasteiger partial charge in [0.2, 0.25) is 5.91 Å². The van der Waals surface area contributed by atoms with Gasteiger partial charge in [-0.2, -0.15) is 13.2 Å². The van der Waals surface area contributed by atoms with Crippen molar-refractivity contribution in [3.8, 4) is 0 Å². The number of carbonyl (C=O) groups excluding carboxylic acids is 1. The van der Waals surface area contributed by atoms with Crippen molar-refractivity contribution in [1.29, 1.82) is 0 Å². The summed E-state index contributed by atoms with van der Waals surface area (Å²) in [6, 6.07) is -0.308. The molecule has 2 rings (SSSR count). The van der Waals surface area contributed by atoms with Crippen molar-refractivity contribution < 1.29 is 27.4 Å². The largest absolute Gasteiger partial charge is 0.411 e. The zero-order valence-electron chi connectivity index (χ0n) is 12.8. The van der Waals surface area contributed by atoms with Crippen LogP contribution >= 0.6 is 0 Å². The van der Waals surface area contributed by atoms with Crippen LogP contribution in [0.25, 0.3) is 0 Å². The van der Waals surface area contributed by atoms with Gasteiger partial charge in [0.05, 0.1) is 18.8 Å². The lowest BCUT2D eigenvalue weighted by Crippen LogP contribution is -2.45. The highest BCUT2D eigenvalue weighted by atomic mass is 19.4. The first-order valence-electron chi connectivity index (χ1n) is 7.61. The minimum Gasteiger partial charge on any atom is -0.380 e. The number of rotatable bonds is 6. The lowest BCUT2D eigenvalue weighted by Gasteiger charge is -2.27. The molecule has 0 aromatic rings. The zero-order chi connectivity index (χ0) is 16.2. The fourth-order valence-electron chi connectivity index (χ4n) is 3.05. The van der Waals surface area contributed by atoms with Crippen molar-refractivity contribution in [1.82, 2.24) is 9.80 Å². The second-order valence-electron chi connectivity index (χ2n) is 5.80. The van der Waals surface area contributed by atoms with Crippen molar-refractivity contribution in [2.24, 2.45) is 0 Å². The SMILES string of the molecule is CO[C@H]1C[C@@H](C(=O)N2CCCC2)N(CCOCC(F)(F)F)C1. The van der Waals surface area contributed by atoms with Gasteiger partial charge in [-0.1, -0.05) is 0 Å². The third-order valence-electron chi connectivity index (χ3n) is 4.19. The van der Waals surface area contributed by atoms with Gasteiger partial charge >= 0.3 is 6.18 Å². The highest BCUT2D eigenvalue weighted by molar-refractivity contribution is 5.82. The van der Waals surface area contributed by atoms with Crippen LogP contribution in [0.1, 0.15) is 19.3 Å². The molecule has 0 saturated carbocycles. The van der Waals surface area contributed by atoms with Crippen LogP contribution in [0.15, 0.2) is 0 Å². The first-order chi connectivity index (χ1) is 10.4. The van der Waals surface area contributed by atoms with E-state index in [-0.39, 0.29) is 24.7 Å². The molecule has 22 heavy (non-hydrogen) atoms. The number of hydrogen-bond donors (Lipinski definition) is 0. The summed E-state index contributed by atoms with van der Waals surface area (Å²) in [5, 5.41) is 0. The highest BCUT2D eigenvalue weighted by Crippen LogP contribution is 2.23. The number of amides is 1.